The van der Waals surface area contributed by atoms with Crippen LogP contribution in [0.5, 0.6) is 11.5 Å². The summed E-state index contributed by atoms with van der Waals surface area (Å²) in [6.45, 7) is 10.5. The number of carbonyl (C=O) groups is 2. The van der Waals surface area contributed by atoms with Crippen LogP contribution in [0.25, 0.3) is 20.8 Å². The Labute approximate surface area is 265 Å². The van der Waals surface area contributed by atoms with E-state index in [2.05, 4.69) is 26.6 Å². The van der Waals surface area contributed by atoms with Gasteiger partial charge in [-0.15, -0.1) is 11.3 Å². The molecule has 1 saturated carbocycles. The third-order valence-corrected chi connectivity index (χ3v) is 8.68. The minimum absolute atomic E-state index is 0.0461. The van der Waals surface area contributed by atoms with Crippen LogP contribution in [0.4, 0.5) is 19.7 Å². The van der Waals surface area contributed by atoms with Crippen LogP contribution < -0.4 is 15.4 Å². The third-order valence-electron chi connectivity index (χ3n) is 7.52. The number of nitrogens with one attached hydrogen (secondary N) is 2. The molecule has 10 nitrogen and oxygen atoms in total. The normalized spacial score (nSPS) is 17.3. The van der Waals surface area contributed by atoms with Crippen LogP contribution in [-0.4, -0.2) is 69.2 Å². The molecule has 1 saturated heterocycles. The molecule has 0 radical (unpaired) electrons. The monoisotopic (exact) mass is 632 g/mol. The van der Waals surface area contributed by atoms with Crippen LogP contribution in [0.15, 0.2) is 54.9 Å². The summed E-state index contributed by atoms with van der Waals surface area (Å²) in [5.74, 6) is -0.0493. The number of pyridine rings is 2. The van der Waals surface area contributed by atoms with Gasteiger partial charge in [0.2, 0.25) is 0 Å². The maximum absolute atomic E-state index is 14.9. The Morgan fingerprint density at radius 2 is 1.89 bits per heavy atom. The lowest BCUT2D eigenvalue weighted by molar-refractivity contribution is 0.000543. The van der Waals surface area contributed by atoms with E-state index in [1.54, 1.807) is 23.2 Å². The summed E-state index contributed by atoms with van der Waals surface area (Å²) >= 11 is 1.48. The number of piperazine rings is 1. The predicted molar refractivity (Wildman–Crippen MR) is 172 cm³/mol. The maximum Gasteiger partial charge on any atom is 0.410 e. The number of thiophene rings is 1. The number of amides is 3. The van der Waals surface area contributed by atoms with Crippen LogP contribution in [0.2, 0.25) is 0 Å². The highest BCUT2D eigenvalue weighted by Gasteiger charge is 2.31. The van der Waals surface area contributed by atoms with E-state index >= 15 is 0 Å². The molecule has 12 heteroatoms. The summed E-state index contributed by atoms with van der Waals surface area (Å²) in [7, 11) is 0. The largest absolute Gasteiger partial charge is 0.453 e. The predicted octanol–water partition coefficient (Wildman–Crippen LogP) is 7.01. The first-order valence-corrected chi connectivity index (χ1v) is 15.9. The highest BCUT2D eigenvalue weighted by molar-refractivity contribution is 7.22. The standard InChI is InChI=1S/C33H37FN6O4S/c1-20-18-39(13-14-40(20)32(42)44-33(2,3)4)19-21-5-9-25(36-17-21)29-16-26-30(45-29)28(11-12-35-26)43-27-10-8-23(15-24(27)34)38-31(41)37-22-6-7-22/h5,8-12,15-17,20,22H,6-7,13-14,18-19H2,1-4H3,(H2,37,38,41). The van der Waals surface area contributed by atoms with E-state index in [4.69, 9.17) is 14.5 Å². The molecule has 236 valence electrons. The van der Waals surface area contributed by atoms with Crippen LogP contribution >= 0.6 is 11.3 Å². The van der Waals surface area contributed by atoms with Gasteiger partial charge in [0, 0.05) is 68.5 Å². The zero-order valence-corrected chi connectivity index (χ0v) is 26.6. The Morgan fingerprint density at radius 1 is 1.07 bits per heavy atom. The molecule has 2 aliphatic rings. The number of rotatable bonds is 7. The smallest absolute Gasteiger partial charge is 0.410 e. The van der Waals surface area contributed by atoms with Gasteiger partial charge in [-0.1, -0.05) is 6.07 Å². The number of urea groups is 1. The number of hydrogen-bond acceptors (Lipinski definition) is 8. The van der Waals surface area contributed by atoms with Gasteiger partial charge < -0.3 is 25.0 Å². The molecule has 3 aromatic heterocycles. The van der Waals surface area contributed by atoms with E-state index in [9.17, 15) is 14.0 Å². The number of carbonyl (C=O) groups excluding carboxylic acids is 2. The van der Waals surface area contributed by atoms with Crippen molar-refractivity contribution in [2.45, 2.75) is 64.8 Å². The Balaban J connectivity index is 1.09. The third kappa shape index (κ3) is 7.69. The Kier molecular flexibility index (Phi) is 8.61. The van der Waals surface area contributed by atoms with E-state index in [-0.39, 0.29) is 30.0 Å². The van der Waals surface area contributed by atoms with Gasteiger partial charge in [0.05, 0.1) is 20.8 Å². The molecule has 3 amide bonds. The van der Waals surface area contributed by atoms with Gasteiger partial charge in [0.15, 0.2) is 11.6 Å². The summed E-state index contributed by atoms with van der Waals surface area (Å²) in [4.78, 5) is 38.8. The minimum atomic E-state index is -0.584. The first-order valence-electron chi connectivity index (χ1n) is 15.1. The Hall–Kier alpha value is -4.29. The number of benzene rings is 1. The van der Waals surface area contributed by atoms with Gasteiger partial charge >= 0.3 is 12.1 Å². The molecule has 4 aromatic rings. The molecule has 1 unspecified atom stereocenters. The number of halogens is 1. The second-order valence-electron chi connectivity index (χ2n) is 12.6. The minimum Gasteiger partial charge on any atom is -0.453 e. The van der Waals surface area contributed by atoms with Crippen LogP contribution in [0.1, 0.15) is 46.1 Å². The molecular weight excluding hydrogens is 595 g/mol. The zero-order valence-electron chi connectivity index (χ0n) is 25.8. The number of fused-ring (bicyclic) bond motifs is 1. The van der Waals surface area contributed by atoms with Crippen molar-refractivity contribution in [2.24, 2.45) is 0 Å². The molecule has 4 heterocycles. The van der Waals surface area contributed by atoms with Gasteiger partial charge in [0.1, 0.15) is 11.4 Å². The molecule has 2 N–H and O–H groups in total. The van der Waals surface area contributed by atoms with Gasteiger partial charge in [0.25, 0.3) is 0 Å². The van der Waals surface area contributed by atoms with Gasteiger partial charge in [-0.3, -0.25) is 14.9 Å². The van der Waals surface area contributed by atoms with Gasteiger partial charge in [-0.2, -0.15) is 0 Å². The van der Waals surface area contributed by atoms with Gasteiger partial charge in [-0.05, 0) is 70.4 Å². The maximum atomic E-state index is 14.9. The molecule has 2 fully saturated rings. The topological polar surface area (TPSA) is 109 Å². The van der Waals surface area contributed by atoms with Crippen molar-refractivity contribution in [3.63, 3.8) is 0 Å². The molecule has 0 spiro atoms. The van der Waals surface area contributed by atoms with Crippen molar-refractivity contribution in [3.05, 3.63) is 66.2 Å². The van der Waals surface area contributed by atoms with E-state index in [1.165, 1.54) is 23.5 Å². The highest BCUT2D eigenvalue weighted by atomic mass is 32.1. The number of aromatic nitrogens is 2. The molecular formula is C33H37FN6O4S. The molecule has 6 rings (SSSR count). The number of anilines is 1. The second-order valence-corrected chi connectivity index (χ2v) is 13.6. The van der Waals surface area contributed by atoms with Crippen molar-refractivity contribution in [2.75, 3.05) is 25.0 Å². The molecule has 1 aliphatic heterocycles. The molecule has 1 aromatic carbocycles. The first-order chi connectivity index (χ1) is 21.5. The summed E-state index contributed by atoms with van der Waals surface area (Å²) in [5.41, 5.74) is 2.45. The number of nitrogens with zero attached hydrogens (tertiary/aromatic N) is 4. The molecule has 1 atom stereocenters. The fourth-order valence-corrected chi connectivity index (χ4v) is 6.21. The van der Waals surface area contributed by atoms with Crippen molar-refractivity contribution >= 4 is 39.4 Å². The van der Waals surface area contributed by atoms with Crippen LogP contribution in [0.3, 0.4) is 0 Å². The van der Waals surface area contributed by atoms with Crippen molar-refractivity contribution in [3.8, 4) is 22.1 Å². The Bertz CT molecular complexity index is 1700. The average Bonchev–Trinajstić information content (AvgIpc) is 3.67. The zero-order chi connectivity index (χ0) is 31.7. The van der Waals surface area contributed by atoms with E-state index in [0.717, 1.165) is 58.8 Å². The van der Waals surface area contributed by atoms with Crippen LogP contribution in [0, 0.1) is 5.82 Å². The van der Waals surface area contributed by atoms with E-state index in [0.29, 0.717) is 18.0 Å². The lowest BCUT2D eigenvalue weighted by atomic mass is 10.1. The summed E-state index contributed by atoms with van der Waals surface area (Å²) in [5, 5.41) is 5.47. The first kappa shape index (κ1) is 30.7. The number of hydrogen-bond donors (Lipinski definition) is 2. The quantitative estimate of drug-likeness (QED) is 0.226. The fourth-order valence-electron chi connectivity index (χ4n) is 5.17. The molecule has 1 aliphatic carbocycles. The van der Waals surface area contributed by atoms with E-state index in [1.807, 2.05) is 46.0 Å². The summed E-state index contributed by atoms with van der Waals surface area (Å²) in [6.07, 6.45) is 5.18. The lowest BCUT2D eigenvalue weighted by Crippen LogP contribution is -2.54. The fraction of sp³-hybridized carbons (Fsp3) is 0.394. The molecule has 45 heavy (non-hydrogen) atoms. The summed E-state index contributed by atoms with van der Waals surface area (Å²) in [6, 6.07) is 12.0. The SMILES string of the molecule is CC1CN(Cc2ccc(-c3cc4nccc(Oc5ccc(NC(=O)NC6CC6)cc5F)c4s3)nc2)CCN1C(=O)OC(C)(C)C. The number of ether oxygens (including phenoxy) is 2. The highest BCUT2D eigenvalue weighted by Crippen LogP contribution is 2.39. The molecule has 0 bridgehead atoms. The van der Waals surface area contributed by atoms with Crippen molar-refractivity contribution in [1.82, 2.24) is 25.1 Å². The summed E-state index contributed by atoms with van der Waals surface area (Å²) < 4.78 is 27.2. The van der Waals surface area contributed by atoms with Crippen LogP contribution in [-0.2, 0) is 11.3 Å². The van der Waals surface area contributed by atoms with E-state index < -0.39 is 11.4 Å². The Morgan fingerprint density at radius 3 is 2.58 bits per heavy atom. The van der Waals surface area contributed by atoms with Gasteiger partial charge in [-0.25, -0.2) is 14.0 Å². The second kappa shape index (κ2) is 12.6. The van der Waals surface area contributed by atoms with Crippen molar-refractivity contribution in [1.29, 1.82) is 0 Å². The average molecular weight is 633 g/mol. The van der Waals surface area contributed by atoms with Crippen molar-refractivity contribution < 1.29 is 23.5 Å². The lowest BCUT2D eigenvalue weighted by Gasteiger charge is -2.40.